The van der Waals surface area contributed by atoms with E-state index in [0.29, 0.717) is 23.7 Å². The number of para-hydroxylation sites is 1. The SMILES string of the molecule is C#CC(CCCC)n1c2c(c3ccccc31)C=C1OC3C(C)C(C4=C(C5=NC(C6C=CC=CC6)=NC(C6=CC=CCC6)N5)CC(C5=CC(C6=CC=CCC6)CCC5)C=C4)C=CC3C1C2. The van der Waals surface area contributed by atoms with E-state index in [4.69, 9.17) is 21.1 Å². The van der Waals surface area contributed by atoms with Crippen LogP contribution in [0.3, 0.4) is 0 Å². The van der Waals surface area contributed by atoms with Crippen LogP contribution >= 0.6 is 0 Å². The molecule has 7 aliphatic carbocycles. The number of allylic oxidation sites excluding steroid dienone is 17. The van der Waals surface area contributed by atoms with Crippen LogP contribution in [0.1, 0.15) is 108 Å². The molecule has 11 rings (SSSR count). The molecule has 0 spiro atoms. The summed E-state index contributed by atoms with van der Waals surface area (Å²) in [6.07, 6.45) is 58.2. The Kier molecular flexibility index (Phi) is 11.4. The van der Waals surface area contributed by atoms with Crippen LogP contribution in [0.4, 0.5) is 0 Å². The number of unbranched alkanes of at least 4 members (excludes halogenated alkanes) is 1. The monoisotopic (exact) mass is 845 g/mol. The Morgan fingerprint density at radius 1 is 0.906 bits per heavy atom. The molecule has 1 fully saturated rings. The molecular weight excluding hydrogens is 781 g/mol. The van der Waals surface area contributed by atoms with Gasteiger partial charge in [0.2, 0.25) is 0 Å². The summed E-state index contributed by atoms with van der Waals surface area (Å²) in [6, 6.07) is 8.89. The molecule has 0 saturated carbocycles. The van der Waals surface area contributed by atoms with E-state index in [0.717, 1.165) is 75.2 Å². The second kappa shape index (κ2) is 17.8. The summed E-state index contributed by atoms with van der Waals surface area (Å²) in [5.41, 5.74) is 11.2. The Morgan fingerprint density at radius 2 is 1.77 bits per heavy atom. The number of ether oxygens (including phenoxy) is 1. The summed E-state index contributed by atoms with van der Waals surface area (Å²) in [7, 11) is 0. The summed E-state index contributed by atoms with van der Waals surface area (Å²) in [5, 5.41) is 5.26. The average molecular weight is 845 g/mol. The normalized spacial score (nSPS) is 31.9. The summed E-state index contributed by atoms with van der Waals surface area (Å²) >= 11 is 0. The Bertz CT molecular complexity index is 2650. The summed E-state index contributed by atoms with van der Waals surface area (Å²) < 4.78 is 9.74. The maximum Gasteiger partial charge on any atom is 0.144 e. The first-order valence-corrected chi connectivity index (χ1v) is 24.8. The van der Waals surface area contributed by atoms with Gasteiger partial charge in [-0.1, -0.05) is 153 Å². The number of rotatable bonds is 10. The van der Waals surface area contributed by atoms with Gasteiger partial charge in [-0.25, -0.2) is 9.98 Å². The van der Waals surface area contributed by atoms with Gasteiger partial charge in [-0.3, -0.25) is 0 Å². The maximum atomic E-state index is 7.23. The van der Waals surface area contributed by atoms with Crippen LogP contribution in [-0.2, 0) is 11.2 Å². The van der Waals surface area contributed by atoms with Crippen molar-refractivity contribution in [3.05, 3.63) is 160 Å². The van der Waals surface area contributed by atoms with Gasteiger partial charge in [0.1, 0.15) is 29.7 Å². The van der Waals surface area contributed by atoms with Crippen LogP contribution in [0.5, 0.6) is 0 Å². The highest BCUT2D eigenvalue weighted by atomic mass is 16.5. The molecule has 9 aliphatic rings. The standard InChI is InChI=1S/C59H64N4O/c1-4-6-27-45(5-2)63-53-29-17-16-28-48(53)50-37-55-51(36-54(50)63)49-33-32-46(38(3)56(49)64-55)47-31-30-44(43-26-18-25-42(34-43)39-19-10-7-11-20-39)35-52(47)59-61-57(40-21-12-8-13-22-40)60-58(62-59)41-23-14-9-15-24-41/h2,7-10,12-14,16-17,19,21,23,28-34,37-38,40,42,44-46,49,51,56,58H,4,6,11,15,18,20,22,24-27,35-36H2,1,3H3,(H,60,61,62). The van der Waals surface area contributed by atoms with Gasteiger partial charge >= 0.3 is 0 Å². The van der Waals surface area contributed by atoms with E-state index < -0.39 is 0 Å². The lowest BCUT2D eigenvalue weighted by molar-refractivity contribution is 0.0737. The van der Waals surface area contributed by atoms with E-state index in [1.807, 2.05) is 0 Å². The van der Waals surface area contributed by atoms with Crippen molar-refractivity contribution in [2.24, 2.45) is 51.4 Å². The van der Waals surface area contributed by atoms with Crippen molar-refractivity contribution < 1.29 is 4.74 Å². The maximum absolute atomic E-state index is 7.23. The fraction of sp³-hybridized carbons (Fsp3) is 0.424. The van der Waals surface area contributed by atoms with Gasteiger partial charge in [0.25, 0.3) is 0 Å². The molecule has 64 heavy (non-hydrogen) atoms. The van der Waals surface area contributed by atoms with Crippen molar-refractivity contribution in [1.82, 2.24) is 9.88 Å². The van der Waals surface area contributed by atoms with E-state index in [2.05, 4.69) is 151 Å². The van der Waals surface area contributed by atoms with Crippen molar-refractivity contribution >= 4 is 28.7 Å². The van der Waals surface area contributed by atoms with Crippen molar-refractivity contribution in [3.8, 4) is 12.3 Å². The van der Waals surface area contributed by atoms with Gasteiger partial charge in [-0.05, 0) is 105 Å². The molecule has 0 bridgehead atoms. The van der Waals surface area contributed by atoms with Crippen LogP contribution in [0.25, 0.3) is 17.0 Å². The van der Waals surface area contributed by atoms with Crippen molar-refractivity contribution in [1.29, 1.82) is 0 Å². The Morgan fingerprint density at radius 3 is 2.56 bits per heavy atom. The van der Waals surface area contributed by atoms with Crippen molar-refractivity contribution in [3.63, 3.8) is 0 Å². The first-order chi connectivity index (χ1) is 31.6. The van der Waals surface area contributed by atoms with Gasteiger partial charge < -0.3 is 14.6 Å². The van der Waals surface area contributed by atoms with E-state index in [-0.39, 0.29) is 36.1 Å². The van der Waals surface area contributed by atoms with Crippen LogP contribution in [-0.4, -0.2) is 28.5 Å². The lowest BCUT2D eigenvalue weighted by atomic mass is 9.67. The van der Waals surface area contributed by atoms with Gasteiger partial charge in [-0.15, -0.1) is 6.42 Å². The van der Waals surface area contributed by atoms with Crippen molar-refractivity contribution in [2.75, 3.05) is 0 Å². The highest BCUT2D eigenvalue weighted by molar-refractivity contribution is 6.09. The molecule has 1 saturated heterocycles. The predicted molar refractivity (Wildman–Crippen MR) is 265 cm³/mol. The molecule has 1 N–H and O–H groups in total. The molecule has 1 aromatic carbocycles. The van der Waals surface area contributed by atoms with Gasteiger partial charge in [0, 0.05) is 57.7 Å². The summed E-state index contributed by atoms with van der Waals surface area (Å²) in [5.74, 6) is 8.43. The van der Waals surface area contributed by atoms with Crippen LogP contribution in [0, 0.1) is 53.8 Å². The van der Waals surface area contributed by atoms with E-state index in [9.17, 15) is 0 Å². The lowest BCUT2D eigenvalue weighted by Gasteiger charge is -2.38. The molecule has 2 aromatic rings. The van der Waals surface area contributed by atoms with E-state index >= 15 is 0 Å². The molecule has 2 aliphatic heterocycles. The predicted octanol–water partition coefficient (Wildman–Crippen LogP) is 13.4. The zero-order chi connectivity index (χ0) is 43.1. The van der Waals surface area contributed by atoms with E-state index in [1.165, 1.54) is 64.6 Å². The minimum atomic E-state index is -0.124. The third kappa shape index (κ3) is 7.55. The number of benzene rings is 1. The van der Waals surface area contributed by atoms with Crippen LogP contribution < -0.4 is 5.32 Å². The van der Waals surface area contributed by atoms with Crippen LogP contribution in [0.15, 0.2) is 159 Å². The Labute approximate surface area is 381 Å². The third-order valence-corrected chi connectivity index (χ3v) is 16.0. The van der Waals surface area contributed by atoms with Crippen molar-refractivity contribution in [2.45, 2.75) is 116 Å². The molecule has 326 valence electrons. The minimum Gasteiger partial charge on any atom is -0.493 e. The van der Waals surface area contributed by atoms with Gasteiger partial charge in [0.05, 0.1) is 6.04 Å². The number of hydrogen-bond acceptors (Lipinski definition) is 4. The first-order valence-electron chi connectivity index (χ1n) is 24.8. The van der Waals surface area contributed by atoms with Crippen LogP contribution in [0.2, 0.25) is 0 Å². The molecule has 3 heterocycles. The molecular formula is C59H64N4O. The number of aromatic nitrogens is 1. The number of hydrogen-bond donors (Lipinski definition) is 1. The second-order valence-corrected chi connectivity index (χ2v) is 19.8. The average Bonchev–Trinajstić information content (AvgIpc) is 3.89. The fourth-order valence-electron chi connectivity index (χ4n) is 12.5. The Hall–Kier alpha value is -5.60. The number of fused-ring (bicyclic) bond motifs is 6. The Balaban J connectivity index is 0.957. The second-order valence-electron chi connectivity index (χ2n) is 19.8. The van der Waals surface area contributed by atoms with Gasteiger partial charge in [0.15, 0.2) is 0 Å². The van der Waals surface area contributed by atoms with E-state index in [1.54, 1.807) is 11.1 Å². The summed E-state index contributed by atoms with van der Waals surface area (Å²) in [6.45, 7) is 4.70. The number of terminal acetylenes is 1. The highest BCUT2D eigenvalue weighted by Crippen LogP contribution is 2.53. The smallest absolute Gasteiger partial charge is 0.144 e. The number of nitrogens with zero attached hydrogens (tertiary/aromatic N) is 3. The zero-order valence-electron chi connectivity index (χ0n) is 37.8. The minimum absolute atomic E-state index is 0.0499. The first kappa shape index (κ1) is 41.1. The van der Waals surface area contributed by atoms with Gasteiger partial charge in [-0.2, -0.15) is 0 Å². The molecule has 1 aromatic heterocycles. The fourth-order valence-corrected chi connectivity index (χ4v) is 12.5. The summed E-state index contributed by atoms with van der Waals surface area (Å²) in [4.78, 5) is 10.9. The molecule has 5 heteroatoms. The highest BCUT2D eigenvalue weighted by Gasteiger charge is 2.49. The molecule has 0 radical (unpaired) electrons. The lowest BCUT2D eigenvalue weighted by Crippen LogP contribution is -2.43. The number of aliphatic imine (C=N–C) groups is 2. The number of amidine groups is 2. The topological polar surface area (TPSA) is 50.9 Å². The largest absolute Gasteiger partial charge is 0.493 e. The molecule has 0 amide bonds. The molecule has 10 atom stereocenters. The third-order valence-electron chi connectivity index (χ3n) is 16.0. The molecule has 5 nitrogen and oxygen atoms in total. The number of nitrogens with one attached hydrogen (secondary N) is 1. The zero-order valence-corrected chi connectivity index (χ0v) is 37.8. The quantitative estimate of drug-likeness (QED) is 0.191. The molecule has 10 unspecified atom stereocenters.